The molecule has 1 saturated carbocycles. The van der Waals surface area contributed by atoms with Gasteiger partial charge in [0.1, 0.15) is 24.1 Å². The summed E-state index contributed by atoms with van der Waals surface area (Å²) in [6, 6.07) is 14.7. The molecule has 0 spiro atoms. The maximum absolute atomic E-state index is 14.9. The van der Waals surface area contributed by atoms with Crippen molar-refractivity contribution in [3.8, 4) is 5.75 Å². The first kappa shape index (κ1) is 31.7. The number of alkyl halides is 4. The van der Waals surface area contributed by atoms with Crippen LogP contribution in [0.4, 0.5) is 31.1 Å². The second-order valence-corrected chi connectivity index (χ2v) is 10.1. The van der Waals surface area contributed by atoms with Crippen LogP contribution in [-0.2, 0) is 21.6 Å². The van der Waals surface area contributed by atoms with Crippen LogP contribution in [0.25, 0.3) is 0 Å². The lowest BCUT2D eigenvalue weighted by Gasteiger charge is -2.37. The van der Waals surface area contributed by atoms with Crippen LogP contribution in [0.1, 0.15) is 36.0 Å². The predicted octanol–water partition coefficient (Wildman–Crippen LogP) is 6.13. The Kier molecular flexibility index (Phi) is 9.84. The number of amides is 3. The first-order valence-electron chi connectivity index (χ1n) is 13.3. The Morgan fingerprint density at radius 1 is 0.953 bits per heavy atom. The normalized spacial score (nSPS) is 14.9. The van der Waals surface area contributed by atoms with Gasteiger partial charge in [0.05, 0.1) is 5.54 Å². The van der Waals surface area contributed by atoms with Crippen LogP contribution in [0.5, 0.6) is 5.75 Å². The van der Waals surface area contributed by atoms with Gasteiger partial charge >= 0.3 is 18.6 Å². The van der Waals surface area contributed by atoms with Gasteiger partial charge in [-0.25, -0.2) is 23.5 Å². The van der Waals surface area contributed by atoms with Gasteiger partial charge in [-0.2, -0.15) is 17.6 Å². The molecule has 1 aliphatic carbocycles. The van der Waals surface area contributed by atoms with E-state index in [1.54, 1.807) is 30.3 Å². The molecule has 0 aliphatic heterocycles. The number of ether oxygens (including phenoxy) is 1. The highest BCUT2D eigenvalue weighted by atomic mass is 19.3. The van der Waals surface area contributed by atoms with E-state index in [9.17, 15) is 35.9 Å². The molecule has 0 unspecified atom stereocenters. The smallest absolute Gasteiger partial charge is 0.428 e. The number of rotatable bonds is 12. The van der Waals surface area contributed by atoms with E-state index in [-0.39, 0.29) is 29.4 Å². The van der Waals surface area contributed by atoms with E-state index in [0.717, 1.165) is 48.6 Å². The Labute approximate surface area is 243 Å². The largest absolute Gasteiger partial charge is 0.461 e. The minimum Gasteiger partial charge on any atom is -0.428 e. The summed E-state index contributed by atoms with van der Waals surface area (Å²) >= 11 is 0. The molecule has 0 aromatic heterocycles. The molecule has 3 amide bonds. The van der Waals surface area contributed by atoms with Gasteiger partial charge in [0.25, 0.3) is 0 Å². The standard InChI is InChI=1S/C30H29F6N3O4/c1-39(26(40)20-8-5-9-20)42-18-37-28(41)38-29(17-19-6-3-2-4-7-19,21-10-12-23(31)13-11-21)22-14-24(32)16-25(15-22)43-30(35,36)27(33)34/h2-4,6-7,10-16,20,27H,5,8-9,17-18H2,1H3,(H2,37,38,41)/t29-/m1/s1. The lowest BCUT2D eigenvalue weighted by molar-refractivity contribution is -0.253. The Morgan fingerprint density at radius 3 is 2.23 bits per heavy atom. The van der Waals surface area contributed by atoms with E-state index in [1.165, 1.54) is 19.2 Å². The average Bonchev–Trinajstić information content (AvgIpc) is 2.92. The first-order chi connectivity index (χ1) is 20.4. The summed E-state index contributed by atoms with van der Waals surface area (Å²) < 4.78 is 86.4. The van der Waals surface area contributed by atoms with Crippen LogP contribution in [0.15, 0.2) is 72.8 Å². The van der Waals surface area contributed by atoms with Gasteiger partial charge < -0.3 is 15.4 Å². The highest BCUT2D eigenvalue weighted by Gasteiger charge is 2.45. The van der Waals surface area contributed by atoms with Crippen molar-refractivity contribution < 1.29 is 45.5 Å². The Morgan fingerprint density at radius 2 is 1.63 bits per heavy atom. The third kappa shape index (κ3) is 7.78. The minimum atomic E-state index is -4.94. The third-order valence-electron chi connectivity index (χ3n) is 7.10. The van der Waals surface area contributed by atoms with Gasteiger partial charge in [0.15, 0.2) is 0 Å². The van der Waals surface area contributed by atoms with Crippen molar-refractivity contribution in [3.05, 3.63) is 101 Å². The number of hydroxylamine groups is 2. The van der Waals surface area contributed by atoms with Crippen molar-refractivity contribution in [2.45, 2.75) is 43.8 Å². The molecule has 3 aromatic carbocycles. The van der Waals surface area contributed by atoms with Gasteiger partial charge in [-0.1, -0.05) is 48.9 Å². The molecule has 3 aromatic rings. The second kappa shape index (κ2) is 13.4. The molecule has 1 aliphatic rings. The van der Waals surface area contributed by atoms with Crippen LogP contribution in [0.3, 0.4) is 0 Å². The summed E-state index contributed by atoms with van der Waals surface area (Å²) in [6.07, 6.45) is -6.85. The zero-order chi connectivity index (χ0) is 31.2. The fraction of sp³-hybridized carbons (Fsp3) is 0.333. The molecule has 1 fully saturated rings. The molecular formula is C30H29F6N3O4. The van der Waals surface area contributed by atoms with Gasteiger partial charge in [-0.3, -0.25) is 4.79 Å². The monoisotopic (exact) mass is 609 g/mol. The molecule has 43 heavy (non-hydrogen) atoms. The van der Waals surface area contributed by atoms with E-state index in [2.05, 4.69) is 15.4 Å². The van der Waals surface area contributed by atoms with Crippen molar-refractivity contribution in [3.63, 3.8) is 0 Å². The van der Waals surface area contributed by atoms with Crippen LogP contribution < -0.4 is 15.4 Å². The number of nitrogens with one attached hydrogen (secondary N) is 2. The Hall–Kier alpha value is -4.26. The van der Waals surface area contributed by atoms with Crippen molar-refractivity contribution in [2.24, 2.45) is 5.92 Å². The molecule has 0 saturated heterocycles. The summed E-state index contributed by atoms with van der Waals surface area (Å²) in [5.41, 5.74) is -1.17. The zero-order valence-corrected chi connectivity index (χ0v) is 23.0. The second-order valence-electron chi connectivity index (χ2n) is 10.1. The summed E-state index contributed by atoms with van der Waals surface area (Å²) in [4.78, 5) is 30.9. The Bertz CT molecular complexity index is 1410. The summed E-state index contributed by atoms with van der Waals surface area (Å²) in [6.45, 7) is -0.455. The molecule has 0 bridgehead atoms. The number of hydrogen-bond acceptors (Lipinski definition) is 4. The fourth-order valence-electron chi connectivity index (χ4n) is 4.67. The lowest BCUT2D eigenvalue weighted by atomic mass is 9.77. The van der Waals surface area contributed by atoms with Gasteiger partial charge in [0.2, 0.25) is 5.91 Å². The molecule has 0 heterocycles. The molecule has 230 valence electrons. The van der Waals surface area contributed by atoms with Crippen molar-refractivity contribution in [2.75, 3.05) is 13.8 Å². The maximum atomic E-state index is 14.9. The van der Waals surface area contributed by atoms with E-state index >= 15 is 0 Å². The van der Waals surface area contributed by atoms with Gasteiger partial charge in [-0.05, 0) is 53.8 Å². The topological polar surface area (TPSA) is 79.9 Å². The molecule has 13 heteroatoms. The molecule has 0 radical (unpaired) electrons. The highest BCUT2D eigenvalue weighted by Crippen LogP contribution is 2.38. The van der Waals surface area contributed by atoms with Crippen molar-refractivity contribution >= 4 is 11.9 Å². The number of carbonyl (C=O) groups excluding carboxylic acids is 2. The Balaban J connectivity index is 1.71. The summed E-state index contributed by atoms with van der Waals surface area (Å²) in [7, 11) is 1.40. The van der Waals surface area contributed by atoms with E-state index in [1.807, 2.05) is 0 Å². The van der Waals surface area contributed by atoms with Crippen molar-refractivity contribution in [1.82, 2.24) is 15.7 Å². The molecular weight excluding hydrogens is 580 g/mol. The molecule has 2 N–H and O–H groups in total. The molecule has 4 rings (SSSR count). The lowest BCUT2D eigenvalue weighted by Crippen LogP contribution is -2.53. The number of hydrogen-bond donors (Lipinski definition) is 2. The number of benzene rings is 3. The fourth-order valence-corrected chi connectivity index (χ4v) is 4.67. The number of halogens is 6. The van der Waals surface area contributed by atoms with Crippen LogP contribution in [-0.4, -0.2) is 43.3 Å². The van der Waals surface area contributed by atoms with Crippen LogP contribution >= 0.6 is 0 Å². The van der Waals surface area contributed by atoms with Gasteiger partial charge in [0, 0.05) is 25.5 Å². The number of carbonyl (C=O) groups is 2. The van der Waals surface area contributed by atoms with E-state index in [4.69, 9.17) is 4.84 Å². The predicted molar refractivity (Wildman–Crippen MR) is 143 cm³/mol. The summed E-state index contributed by atoms with van der Waals surface area (Å²) in [5.74, 6) is -3.08. The van der Waals surface area contributed by atoms with Gasteiger partial charge in [-0.15, -0.1) is 0 Å². The van der Waals surface area contributed by atoms with Crippen molar-refractivity contribution in [1.29, 1.82) is 0 Å². The average molecular weight is 610 g/mol. The molecule has 1 atom stereocenters. The van der Waals surface area contributed by atoms with Crippen LogP contribution in [0, 0.1) is 17.6 Å². The minimum absolute atomic E-state index is 0.123. The quantitative estimate of drug-likeness (QED) is 0.147. The van der Waals surface area contributed by atoms with E-state index in [0.29, 0.717) is 11.6 Å². The third-order valence-corrected chi connectivity index (χ3v) is 7.10. The number of urea groups is 1. The summed E-state index contributed by atoms with van der Waals surface area (Å²) in [5, 5.41) is 6.15. The maximum Gasteiger partial charge on any atom is 0.461 e. The zero-order valence-electron chi connectivity index (χ0n) is 23.0. The molecule has 7 nitrogen and oxygen atoms in total. The highest BCUT2D eigenvalue weighted by molar-refractivity contribution is 5.78. The van der Waals surface area contributed by atoms with Crippen LogP contribution in [0.2, 0.25) is 0 Å². The van der Waals surface area contributed by atoms with E-state index < -0.39 is 48.2 Å². The first-order valence-corrected chi connectivity index (χ1v) is 13.3. The number of nitrogens with zero attached hydrogens (tertiary/aromatic N) is 1. The SMILES string of the molecule is CN(OCNC(=O)N[C@](Cc1ccccc1)(c1ccc(F)cc1)c1cc(F)cc(OC(F)(F)C(F)F)c1)C(=O)C1CCC1.